The van der Waals surface area contributed by atoms with Crippen LogP contribution in [0.4, 0.5) is 9.18 Å². The zero-order chi connectivity index (χ0) is 19.6. The van der Waals surface area contributed by atoms with Crippen molar-refractivity contribution in [2.75, 3.05) is 33.3 Å². The summed E-state index contributed by atoms with van der Waals surface area (Å²) in [7, 11) is 1.73. The Bertz CT molecular complexity index is 649. The van der Waals surface area contributed by atoms with Crippen molar-refractivity contribution in [2.24, 2.45) is 4.99 Å². The number of benzene rings is 1. The molecule has 0 radical (unpaired) electrons. The van der Waals surface area contributed by atoms with Gasteiger partial charge in [-0.2, -0.15) is 0 Å². The lowest BCUT2D eigenvalue weighted by atomic mass is 10.1. The monoisotopic (exact) mass is 442 g/mol. The summed E-state index contributed by atoms with van der Waals surface area (Å²) in [6.45, 7) is 4.27. The van der Waals surface area contributed by atoms with Crippen LogP contribution in [0, 0.1) is 5.82 Å². The third-order valence-corrected chi connectivity index (χ3v) is 5.01. The average molecular weight is 443 g/mol. The molecule has 0 spiro atoms. The smallest absolute Gasteiger partial charge is 0.409 e. The van der Waals surface area contributed by atoms with Crippen LogP contribution >= 0.6 is 15.9 Å². The van der Waals surface area contributed by atoms with Crippen LogP contribution in [0.1, 0.15) is 31.7 Å². The number of carbonyl (C=O) groups is 1. The summed E-state index contributed by atoms with van der Waals surface area (Å²) >= 11 is 3.27. The minimum Gasteiger partial charge on any atom is -0.450 e. The Morgan fingerprint density at radius 3 is 2.78 bits per heavy atom. The zero-order valence-corrected chi connectivity index (χ0v) is 17.5. The van der Waals surface area contributed by atoms with Crippen molar-refractivity contribution in [3.8, 4) is 0 Å². The Kier molecular flexibility index (Phi) is 8.84. The summed E-state index contributed by atoms with van der Waals surface area (Å²) in [4.78, 5) is 17.7. The molecule has 1 aliphatic heterocycles. The number of aliphatic imine (C=N–C) groups is 1. The highest BCUT2D eigenvalue weighted by Crippen LogP contribution is 2.16. The normalized spacial score (nSPS) is 15.6. The first-order chi connectivity index (χ1) is 13.0. The number of nitrogens with zero attached hydrogens (tertiary/aromatic N) is 2. The number of aryl methyl sites for hydroxylation is 1. The van der Waals surface area contributed by atoms with Gasteiger partial charge in [0.2, 0.25) is 0 Å². The van der Waals surface area contributed by atoms with Gasteiger partial charge in [0.05, 0.1) is 6.61 Å². The van der Waals surface area contributed by atoms with Gasteiger partial charge in [0.25, 0.3) is 0 Å². The highest BCUT2D eigenvalue weighted by Gasteiger charge is 2.23. The van der Waals surface area contributed by atoms with Gasteiger partial charge in [-0.1, -0.05) is 22.0 Å². The molecule has 0 atom stereocenters. The molecule has 1 aromatic carbocycles. The summed E-state index contributed by atoms with van der Waals surface area (Å²) < 4.78 is 19.6. The van der Waals surface area contributed by atoms with E-state index >= 15 is 0 Å². The van der Waals surface area contributed by atoms with Gasteiger partial charge in [-0.15, -0.1) is 0 Å². The van der Waals surface area contributed by atoms with Gasteiger partial charge in [0.1, 0.15) is 5.82 Å². The van der Waals surface area contributed by atoms with E-state index in [1.165, 1.54) is 6.07 Å². The summed E-state index contributed by atoms with van der Waals surface area (Å²) in [5, 5.41) is 6.67. The lowest BCUT2D eigenvalue weighted by Crippen LogP contribution is -2.50. The number of hydrogen-bond donors (Lipinski definition) is 2. The Hall–Kier alpha value is -1.83. The second kappa shape index (κ2) is 11.1. The number of likely N-dealkylation sites (tertiary alicyclic amines) is 1. The molecular weight excluding hydrogens is 415 g/mol. The summed E-state index contributed by atoms with van der Waals surface area (Å²) in [6, 6.07) is 5.43. The second-order valence-electron chi connectivity index (χ2n) is 6.44. The zero-order valence-electron chi connectivity index (χ0n) is 15.9. The molecule has 0 unspecified atom stereocenters. The molecule has 0 saturated carbocycles. The van der Waals surface area contributed by atoms with E-state index in [0.29, 0.717) is 38.2 Å². The SMILES string of the molecule is CCOC(=O)N1CCC(NC(=NC)NCCCc2ccc(Br)cc2F)CC1. The van der Waals surface area contributed by atoms with Crippen LogP contribution in [0.3, 0.4) is 0 Å². The molecule has 1 saturated heterocycles. The van der Waals surface area contributed by atoms with Gasteiger partial charge in [0.15, 0.2) is 5.96 Å². The number of halogens is 2. The molecule has 8 heteroatoms. The van der Waals surface area contributed by atoms with E-state index in [2.05, 4.69) is 31.6 Å². The van der Waals surface area contributed by atoms with E-state index in [9.17, 15) is 9.18 Å². The highest BCUT2D eigenvalue weighted by atomic mass is 79.9. The summed E-state index contributed by atoms with van der Waals surface area (Å²) in [6.07, 6.45) is 2.94. The van der Waals surface area contributed by atoms with Gasteiger partial charge in [-0.3, -0.25) is 4.99 Å². The minimum absolute atomic E-state index is 0.180. The quantitative estimate of drug-likeness (QED) is 0.402. The minimum atomic E-state index is -0.237. The third-order valence-electron chi connectivity index (χ3n) is 4.52. The van der Waals surface area contributed by atoms with Crippen molar-refractivity contribution in [2.45, 2.75) is 38.6 Å². The van der Waals surface area contributed by atoms with Crippen molar-refractivity contribution in [3.05, 3.63) is 34.1 Å². The van der Waals surface area contributed by atoms with Crippen molar-refractivity contribution in [3.63, 3.8) is 0 Å². The van der Waals surface area contributed by atoms with Crippen molar-refractivity contribution in [1.82, 2.24) is 15.5 Å². The van der Waals surface area contributed by atoms with Crippen molar-refractivity contribution in [1.29, 1.82) is 0 Å². The van der Waals surface area contributed by atoms with Gasteiger partial charge in [-0.05, 0) is 50.3 Å². The first-order valence-electron chi connectivity index (χ1n) is 9.36. The average Bonchev–Trinajstić information content (AvgIpc) is 2.66. The van der Waals surface area contributed by atoms with Crippen LogP contribution in [0.5, 0.6) is 0 Å². The molecule has 27 heavy (non-hydrogen) atoms. The van der Waals surface area contributed by atoms with E-state index in [-0.39, 0.29) is 18.0 Å². The van der Waals surface area contributed by atoms with Gasteiger partial charge < -0.3 is 20.3 Å². The molecule has 0 aromatic heterocycles. The summed E-state index contributed by atoms with van der Waals surface area (Å²) in [5.74, 6) is 0.557. The van der Waals surface area contributed by atoms with E-state index in [4.69, 9.17) is 4.74 Å². The van der Waals surface area contributed by atoms with Crippen LogP contribution in [0.2, 0.25) is 0 Å². The number of carbonyl (C=O) groups excluding carboxylic acids is 1. The van der Waals surface area contributed by atoms with Gasteiger partial charge >= 0.3 is 6.09 Å². The maximum atomic E-state index is 13.8. The number of rotatable bonds is 6. The Labute approximate surface area is 168 Å². The van der Waals surface area contributed by atoms with E-state index in [0.717, 1.165) is 29.7 Å². The third kappa shape index (κ3) is 7.01. The van der Waals surface area contributed by atoms with Crippen molar-refractivity contribution >= 4 is 28.0 Å². The molecular formula is C19H28BrFN4O2. The molecule has 1 aliphatic rings. The predicted molar refractivity (Wildman–Crippen MR) is 109 cm³/mol. The van der Waals surface area contributed by atoms with Crippen LogP contribution in [-0.2, 0) is 11.2 Å². The Balaban J connectivity index is 1.68. The van der Waals surface area contributed by atoms with Crippen LogP contribution in [0.15, 0.2) is 27.7 Å². The fourth-order valence-electron chi connectivity index (χ4n) is 3.02. The second-order valence-corrected chi connectivity index (χ2v) is 7.36. The largest absolute Gasteiger partial charge is 0.450 e. The first kappa shape index (κ1) is 21.5. The van der Waals surface area contributed by atoms with Crippen molar-refractivity contribution < 1.29 is 13.9 Å². The predicted octanol–water partition coefficient (Wildman–Crippen LogP) is 3.31. The molecule has 1 amide bonds. The molecule has 2 rings (SSSR count). The lowest BCUT2D eigenvalue weighted by Gasteiger charge is -2.32. The molecule has 1 heterocycles. The number of guanidine groups is 1. The van der Waals surface area contributed by atoms with E-state index < -0.39 is 0 Å². The van der Waals surface area contributed by atoms with Gasteiger partial charge in [0, 0.05) is 37.2 Å². The summed E-state index contributed by atoms with van der Waals surface area (Å²) in [5.41, 5.74) is 0.717. The van der Waals surface area contributed by atoms with Crippen LogP contribution in [-0.4, -0.2) is 56.3 Å². The van der Waals surface area contributed by atoms with E-state index in [1.807, 2.05) is 19.1 Å². The number of hydrogen-bond acceptors (Lipinski definition) is 3. The molecule has 150 valence electrons. The Morgan fingerprint density at radius 1 is 1.41 bits per heavy atom. The maximum Gasteiger partial charge on any atom is 0.409 e. The molecule has 6 nitrogen and oxygen atoms in total. The van der Waals surface area contributed by atoms with E-state index in [1.54, 1.807) is 11.9 Å². The number of piperidine rings is 1. The topological polar surface area (TPSA) is 66.0 Å². The number of amides is 1. The van der Waals surface area contributed by atoms with Gasteiger partial charge in [-0.25, -0.2) is 9.18 Å². The Morgan fingerprint density at radius 2 is 2.15 bits per heavy atom. The highest BCUT2D eigenvalue weighted by molar-refractivity contribution is 9.10. The fourth-order valence-corrected chi connectivity index (χ4v) is 3.35. The molecule has 1 aromatic rings. The molecule has 2 N–H and O–H groups in total. The number of ether oxygens (including phenoxy) is 1. The lowest BCUT2D eigenvalue weighted by molar-refractivity contribution is 0.0963. The van der Waals surface area contributed by atoms with Crippen LogP contribution in [0.25, 0.3) is 0 Å². The first-order valence-corrected chi connectivity index (χ1v) is 10.2. The fraction of sp³-hybridized carbons (Fsp3) is 0.579. The maximum absolute atomic E-state index is 13.8. The molecule has 1 fully saturated rings. The number of nitrogens with one attached hydrogen (secondary N) is 2. The molecule has 0 aliphatic carbocycles. The van der Waals surface area contributed by atoms with Crippen LogP contribution < -0.4 is 10.6 Å². The standard InChI is InChI=1S/C19H28BrFN4O2/c1-3-27-19(26)25-11-8-16(9-12-25)24-18(22-2)23-10-4-5-14-6-7-15(20)13-17(14)21/h6-7,13,16H,3-5,8-12H2,1-2H3,(H2,22,23,24). The molecule has 0 bridgehead atoms.